The molecular weight excluding hydrogens is 557 g/mol. The van der Waals surface area contributed by atoms with Gasteiger partial charge in [0.05, 0.1) is 23.0 Å². The third kappa shape index (κ3) is 6.63. The van der Waals surface area contributed by atoms with Gasteiger partial charge in [0.2, 0.25) is 0 Å². The molecule has 0 aliphatic carbocycles. The maximum absolute atomic E-state index is 14.5. The molecule has 0 N–H and O–H groups in total. The summed E-state index contributed by atoms with van der Waals surface area (Å²) in [7, 11) is 1.75. The minimum atomic E-state index is -0.506. The molecule has 2 fully saturated rings. The SMILES string of the molecule is Cc1cncc2c1c(C[C@@H]1CCN(C3CN(C(=O)OC(C)(C)C)CCC3C)C1)cn2-c1ccc(F)cc1C(=O)N(C)C(C)C. The number of hydrogen-bond donors (Lipinski definition) is 0. The van der Waals surface area contributed by atoms with Gasteiger partial charge in [0.25, 0.3) is 5.91 Å². The van der Waals surface area contributed by atoms with E-state index in [-0.39, 0.29) is 18.0 Å². The zero-order chi connectivity index (χ0) is 31.9. The monoisotopic (exact) mass is 605 g/mol. The van der Waals surface area contributed by atoms with Crippen molar-refractivity contribution >= 4 is 22.9 Å². The predicted molar refractivity (Wildman–Crippen MR) is 172 cm³/mol. The minimum Gasteiger partial charge on any atom is -0.444 e. The van der Waals surface area contributed by atoms with E-state index in [1.807, 2.05) is 56.5 Å². The van der Waals surface area contributed by atoms with Crippen LogP contribution < -0.4 is 0 Å². The van der Waals surface area contributed by atoms with Crippen LogP contribution in [0.2, 0.25) is 0 Å². The van der Waals surface area contributed by atoms with Crippen LogP contribution in [0.25, 0.3) is 16.6 Å². The number of ether oxygens (including phenoxy) is 1. The Morgan fingerprint density at radius 1 is 1.14 bits per heavy atom. The van der Waals surface area contributed by atoms with Gasteiger partial charge in [0, 0.05) is 56.5 Å². The molecule has 44 heavy (non-hydrogen) atoms. The molecule has 238 valence electrons. The van der Waals surface area contributed by atoms with Gasteiger partial charge in [-0.15, -0.1) is 0 Å². The average Bonchev–Trinajstić information content (AvgIpc) is 3.57. The van der Waals surface area contributed by atoms with E-state index in [2.05, 4.69) is 29.9 Å². The molecule has 2 amide bonds. The highest BCUT2D eigenvalue weighted by molar-refractivity contribution is 5.99. The van der Waals surface area contributed by atoms with E-state index < -0.39 is 11.4 Å². The van der Waals surface area contributed by atoms with Crippen LogP contribution in [0.3, 0.4) is 0 Å². The van der Waals surface area contributed by atoms with Crippen molar-refractivity contribution in [2.75, 3.05) is 33.2 Å². The average molecular weight is 606 g/mol. The zero-order valence-electron chi connectivity index (χ0n) is 27.6. The van der Waals surface area contributed by atoms with E-state index >= 15 is 0 Å². The first-order valence-corrected chi connectivity index (χ1v) is 16.0. The van der Waals surface area contributed by atoms with Gasteiger partial charge >= 0.3 is 6.09 Å². The highest BCUT2D eigenvalue weighted by Crippen LogP contribution is 2.34. The molecule has 9 heteroatoms. The van der Waals surface area contributed by atoms with E-state index in [1.54, 1.807) is 18.0 Å². The molecule has 3 atom stereocenters. The summed E-state index contributed by atoms with van der Waals surface area (Å²) in [5, 5.41) is 1.14. The standard InChI is InChI=1S/C35H48FN5O3/c1-22(2)38(8)33(42)28-16-27(36)9-10-29(28)41-20-26(32-24(4)17-37-18-30(32)41)15-25-12-14-39(19-25)31-21-40(13-11-23(31)3)34(43)44-35(5,6)7/h9-10,16-18,20,22-23,25,31H,11-15,19,21H2,1-8H3/t23?,25-,31?/m0/s1. The number of rotatable bonds is 6. The summed E-state index contributed by atoms with van der Waals surface area (Å²) < 4.78 is 22.2. The molecule has 2 aliphatic heterocycles. The number of fused-ring (bicyclic) bond motifs is 1. The Morgan fingerprint density at radius 2 is 1.89 bits per heavy atom. The summed E-state index contributed by atoms with van der Waals surface area (Å²) in [6, 6.07) is 4.73. The number of carbonyl (C=O) groups is 2. The quantitative estimate of drug-likeness (QED) is 0.323. The van der Waals surface area contributed by atoms with Crippen LogP contribution in [0, 0.1) is 24.6 Å². The Labute approximate surface area is 261 Å². The number of hydrogen-bond acceptors (Lipinski definition) is 5. The number of pyridine rings is 1. The Hall–Kier alpha value is -3.46. The van der Waals surface area contributed by atoms with Gasteiger partial charge in [-0.2, -0.15) is 0 Å². The van der Waals surface area contributed by atoms with Crippen LogP contribution in [0.4, 0.5) is 9.18 Å². The number of nitrogens with zero attached hydrogens (tertiary/aromatic N) is 5. The molecule has 2 aromatic heterocycles. The first-order valence-electron chi connectivity index (χ1n) is 16.0. The molecule has 3 aromatic rings. The van der Waals surface area contributed by atoms with Crippen LogP contribution in [-0.2, 0) is 11.2 Å². The Morgan fingerprint density at radius 3 is 2.59 bits per heavy atom. The number of piperidine rings is 1. The fraction of sp³-hybridized carbons (Fsp3) is 0.571. The van der Waals surface area contributed by atoms with Crippen LogP contribution in [-0.4, -0.2) is 87.2 Å². The Balaban J connectivity index is 1.40. The zero-order valence-corrected chi connectivity index (χ0v) is 27.6. The van der Waals surface area contributed by atoms with E-state index in [4.69, 9.17) is 4.74 Å². The number of benzene rings is 1. The van der Waals surface area contributed by atoms with Gasteiger partial charge in [-0.05, 0) is 109 Å². The number of carbonyl (C=O) groups excluding carboxylic acids is 2. The van der Waals surface area contributed by atoms with Crippen molar-refractivity contribution in [2.45, 2.75) is 85.4 Å². The summed E-state index contributed by atoms with van der Waals surface area (Å²) in [4.78, 5) is 36.9. The summed E-state index contributed by atoms with van der Waals surface area (Å²) in [5.74, 6) is 0.300. The molecule has 0 bridgehead atoms. The molecule has 5 rings (SSSR count). The first-order chi connectivity index (χ1) is 20.7. The second-order valence-corrected chi connectivity index (χ2v) is 14.2. The third-order valence-electron chi connectivity index (χ3n) is 9.39. The van der Waals surface area contributed by atoms with Gasteiger partial charge in [-0.25, -0.2) is 9.18 Å². The van der Waals surface area contributed by atoms with Gasteiger partial charge in [-0.3, -0.25) is 14.7 Å². The van der Waals surface area contributed by atoms with E-state index in [0.717, 1.165) is 55.4 Å². The first kappa shape index (κ1) is 31.9. The highest BCUT2D eigenvalue weighted by atomic mass is 19.1. The van der Waals surface area contributed by atoms with Crippen LogP contribution in [0.15, 0.2) is 36.8 Å². The number of aromatic nitrogens is 2. The smallest absolute Gasteiger partial charge is 0.410 e. The van der Waals surface area contributed by atoms with Crippen molar-refractivity contribution < 1.29 is 18.7 Å². The highest BCUT2D eigenvalue weighted by Gasteiger charge is 2.38. The van der Waals surface area contributed by atoms with Crippen LogP contribution in [0.5, 0.6) is 0 Å². The summed E-state index contributed by atoms with van der Waals surface area (Å²) in [6.07, 6.45) is 8.55. The summed E-state index contributed by atoms with van der Waals surface area (Å²) >= 11 is 0. The summed E-state index contributed by atoms with van der Waals surface area (Å²) in [5.41, 5.74) is 3.68. The van der Waals surface area contributed by atoms with E-state index in [0.29, 0.717) is 35.7 Å². The van der Waals surface area contributed by atoms with Gasteiger partial charge in [0.15, 0.2) is 0 Å². The number of halogens is 1. The lowest BCUT2D eigenvalue weighted by molar-refractivity contribution is 0.00425. The van der Waals surface area contributed by atoms with Crippen LogP contribution in [0.1, 0.15) is 75.9 Å². The maximum atomic E-state index is 14.5. The lowest BCUT2D eigenvalue weighted by Gasteiger charge is -2.42. The summed E-state index contributed by atoms with van der Waals surface area (Å²) in [6.45, 7) is 17.4. The molecule has 1 aromatic carbocycles. The number of amides is 2. The van der Waals surface area contributed by atoms with Gasteiger partial charge in [0.1, 0.15) is 11.4 Å². The second-order valence-electron chi connectivity index (χ2n) is 14.2. The van der Waals surface area contributed by atoms with Gasteiger partial charge in [-0.1, -0.05) is 6.92 Å². The van der Waals surface area contributed by atoms with E-state index in [9.17, 15) is 14.0 Å². The topological polar surface area (TPSA) is 70.9 Å². The largest absolute Gasteiger partial charge is 0.444 e. The van der Waals surface area contributed by atoms with Crippen molar-refractivity contribution in [2.24, 2.45) is 11.8 Å². The maximum Gasteiger partial charge on any atom is 0.410 e. The molecule has 0 spiro atoms. The van der Waals surface area contributed by atoms with Crippen molar-refractivity contribution in [3.05, 3.63) is 59.3 Å². The minimum absolute atomic E-state index is 0.0205. The lowest BCUT2D eigenvalue weighted by Crippen LogP contribution is -2.53. The molecule has 2 aliphatic rings. The number of likely N-dealkylation sites (tertiary alicyclic amines) is 2. The molecule has 4 heterocycles. The molecule has 0 radical (unpaired) electrons. The fourth-order valence-corrected chi connectivity index (χ4v) is 6.77. The van der Waals surface area contributed by atoms with Crippen molar-refractivity contribution in [3.8, 4) is 5.69 Å². The van der Waals surface area contributed by atoms with Crippen LogP contribution >= 0.6 is 0 Å². The van der Waals surface area contributed by atoms with E-state index in [1.165, 1.54) is 17.7 Å². The van der Waals surface area contributed by atoms with Gasteiger partial charge < -0.3 is 19.1 Å². The molecule has 2 saturated heterocycles. The Bertz CT molecular complexity index is 1530. The second kappa shape index (κ2) is 12.5. The van der Waals surface area contributed by atoms with Crippen molar-refractivity contribution in [1.29, 1.82) is 0 Å². The lowest BCUT2D eigenvalue weighted by atomic mass is 9.92. The van der Waals surface area contributed by atoms with Crippen molar-refractivity contribution in [3.63, 3.8) is 0 Å². The molecular formula is C35H48FN5O3. The molecule has 0 saturated carbocycles. The number of aryl methyl sites for hydroxylation is 1. The third-order valence-corrected chi connectivity index (χ3v) is 9.39. The predicted octanol–water partition coefficient (Wildman–Crippen LogP) is 6.46. The molecule has 2 unspecified atom stereocenters. The fourth-order valence-electron chi connectivity index (χ4n) is 6.77. The Kier molecular flexibility index (Phi) is 9.08. The van der Waals surface area contributed by atoms with Crippen molar-refractivity contribution in [1.82, 2.24) is 24.3 Å². The normalized spacial score (nSPS) is 21.3. The molecule has 8 nitrogen and oxygen atoms in total.